The molecule has 0 aromatic heterocycles. The van der Waals surface area contributed by atoms with Crippen molar-refractivity contribution >= 4 is 34.2 Å². The largest absolute Gasteiger partial charge is 0.228 e. The SMILES string of the molecule is CS(=O)(=O)CSCS. The molecule has 0 aliphatic rings. The van der Waals surface area contributed by atoms with E-state index in [0.29, 0.717) is 5.08 Å². The van der Waals surface area contributed by atoms with E-state index in [2.05, 4.69) is 12.6 Å². The maximum Gasteiger partial charge on any atom is 0.156 e. The number of thiol groups is 1. The van der Waals surface area contributed by atoms with Crippen LogP contribution >= 0.6 is 24.4 Å². The van der Waals surface area contributed by atoms with Gasteiger partial charge in [-0.15, -0.1) is 11.8 Å². The molecule has 8 heavy (non-hydrogen) atoms. The third-order valence-electron chi connectivity index (χ3n) is 0.389. The molecule has 0 unspecified atom stereocenters. The molecule has 0 fully saturated rings. The van der Waals surface area contributed by atoms with E-state index in [4.69, 9.17) is 0 Å². The van der Waals surface area contributed by atoms with Gasteiger partial charge in [-0.1, -0.05) is 0 Å². The van der Waals surface area contributed by atoms with Crippen molar-refractivity contribution in [3.8, 4) is 0 Å². The Kier molecular flexibility index (Phi) is 3.93. The maximum atomic E-state index is 10.3. The van der Waals surface area contributed by atoms with Crippen molar-refractivity contribution in [3.63, 3.8) is 0 Å². The van der Waals surface area contributed by atoms with E-state index in [1.807, 2.05) is 0 Å². The Morgan fingerprint density at radius 1 is 1.62 bits per heavy atom. The molecule has 0 aliphatic carbocycles. The summed E-state index contributed by atoms with van der Waals surface area (Å²) in [4.78, 5) is 0. The molecule has 0 spiro atoms. The van der Waals surface area contributed by atoms with E-state index >= 15 is 0 Å². The third kappa shape index (κ3) is 6.65. The highest BCUT2D eigenvalue weighted by molar-refractivity contribution is 8.17. The summed E-state index contributed by atoms with van der Waals surface area (Å²) in [5.74, 6) is 0. The van der Waals surface area contributed by atoms with Crippen LogP contribution in [0.1, 0.15) is 0 Å². The van der Waals surface area contributed by atoms with Crippen LogP contribution < -0.4 is 0 Å². The summed E-state index contributed by atoms with van der Waals surface area (Å²) in [5, 5.41) is 0.740. The standard InChI is InChI=1S/C3H8O2S3/c1-8(4,5)3-7-2-6/h6H,2-3H2,1H3. The number of hydrogen-bond donors (Lipinski definition) is 1. The van der Waals surface area contributed by atoms with Crippen molar-refractivity contribution in [2.45, 2.75) is 0 Å². The summed E-state index contributed by atoms with van der Waals surface area (Å²) in [6.07, 6.45) is 1.21. The van der Waals surface area contributed by atoms with Gasteiger partial charge in [-0.05, 0) is 0 Å². The summed E-state index contributed by atoms with van der Waals surface area (Å²) in [7, 11) is -2.77. The first kappa shape index (κ1) is 8.65. The number of hydrogen-bond acceptors (Lipinski definition) is 4. The summed E-state index contributed by atoms with van der Waals surface area (Å²) in [6, 6.07) is 0. The van der Waals surface area contributed by atoms with E-state index in [0.717, 1.165) is 0 Å². The van der Waals surface area contributed by atoms with Crippen LogP contribution in [0.4, 0.5) is 0 Å². The quantitative estimate of drug-likeness (QED) is 0.500. The number of thioether (sulfide) groups is 1. The molecule has 0 bridgehead atoms. The molecule has 0 saturated carbocycles. The van der Waals surface area contributed by atoms with Gasteiger partial charge >= 0.3 is 0 Å². The van der Waals surface area contributed by atoms with Gasteiger partial charge in [-0.2, -0.15) is 12.6 Å². The zero-order chi connectivity index (χ0) is 6.62. The van der Waals surface area contributed by atoms with Crippen molar-refractivity contribution in [1.29, 1.82) is 0 Å². The Morgan fingerprint density at radius 2 is 2.12 bits per heavy atom. The minimum atomic E-state index is -2.77. The average Bonchev–Trinajstić information content (AvgIpc) is 1.59. The molecule has 0 atom stereocenters. The van der Waals surface area contributed by atoms with Crippen LogP contribution in [0.5, 0.6) is 0 Å². The van der Waals surface area contributed by atoms with Gasteiger partial charge in [0.1, 0.15) is 0 Å². The van der Waals surface area contributed by atoms with E-state index in [1.165, 1.54) is 18.0 Å². The van der Waals surface area contributed by atoms with Gasteiger partial charge in [0, 0.05) is 11.3 Å². The van der Waals surface area contributed by atoms with Crippen LogP contribution in [0.25, 0.3) is 0 Å². The molecule has 0 radical (unpaired) electrons. The van der Waals surface area contributed by atoms with Gasteiger partial charge in [0.25, 0.3) is 0 Å². The fourth-order valence-electron chi connectivity index (χ4n) is 0.189. The number of rotatable bonds is 3. The smallest absolute Gasteiger partial charge is 0.156 e. The minimum Gasteiger partial charge on any atom is -0.228 e. The lowest BCUT2D eigenvalue weighted by atomic mass is 11.9. The highest BCUT2D eigenvalue weighted by atomic mass is 32.3. The molecule has 0 heterocycles. The van der Waals surface area contributed by atoms with Crippen molar-refractivity contribution in [2.24, 2.45) is 0 Å². The third-order valence-corrected chi connectivity index (χ3v) is 3.50. The van der Waals surface area contributed by atoms with Crippen LogP contribution in [-0.2, 0) is 9.84 Å². The van der Waals surface area contributed by atoms with Crippen LogP contribution in [0.3, 0.4) is 0 Å². The highest BCUT2D eigenvalue weighted by Gasteiger charge is 1.98. The van der Waals surface area contributed by atoms with Crippen LogP contribution in [0.15, 0.2) is 0 Å². The monoisotopic (exact) mass is 172 g/mol. The van der Waals surface area contributed by atoms with Gasteiger partial charge in [0.15, 0.2) is 9.84 Å². The van der Waals surface area contributed by atoms with Gasteiger partial charge in [0.05, 0.1) is 5.08 Å². The Labute approximate surface area is 59.4 Å². The van der Waals surface area contributed by atoms with Crippen molar-refractivity contribution in [3.05, 3.63) is 0 Å². The molecule has 0 rings (SSSR count). The fourth-order valence-corrected chi connectivity index (χ4v) is 2.37. The second-order valence-corrected chi connectivity index (χ2v) is 5.61. The molecule has 5 heteroatoms. The molecule has 0 saturated heterocycles. The molecule has 0 aromatic carbocycles. The lowest BCUT2D eigenvalue weighted by molar-refractivity contribution is 0.606. The normalized spacial score (nSPS) is 11.8. The van der Waals surface area contributed by atoms with E-state index in [-0.39, 0.29) is 5.08 Å². The minimum absolute atomic E-state index is 0.177. The van der Waals surface area contributed by atoms with E-state index in [1.54, 1.807) is 0 Å². The van der Waals surface area contributed by atoms with E-state index in [9.17, 15) is 8.42 Å². The Morgan fingerprint density at radius 3 is 2.25 bits per heavy atom. The fraction of sp³-hybridized carbons (Fsp3) is 1.00. The van der Waals surface area contributed by atoms with Gasteiger partial charge in [0.2, 0.25) is 0 Å². The van der Waals surface area contributed by atoms with Gasteiger partial charge in [-0.3, -0.25) is 0 Å². The molecular formula is C3H8O2S3. The predicted octanol–water partition coefficient (Wildman–Crippen LogP) is 0.609. The Balaban J connectivity index is 3.42. The topological polar surface area (TPSA) is 34.1 Å². The van der Waals surface area contributed by atoms with Crippen molar-refractivity contribution < 1.29 is 8.42 Å². The van der Waals surface area contributed by atoms with Gasteiger partial charge < -0.3 is 0 Å². The molecule has 2 nitrogen and oxygen atoms in total. The summed E-state index contributed by atoms with van der Waals surface area (Å²) in [6.45, 7) is 0. The van der Waals surface area contributed by atoms with Crippen molar-refractivity contribution in [1.82, 2.24) is 0 Å². The summed E-state index contributed by atoms with van der Waals surface area (Å²) < 4.78 is 20.7. The summed E-state index contributed by atoms with van der Waals surface area (Å²) in [5.41, 5.74) is 0. The van der Waals surface area contributed by atoms with Crippen LogP contribution in [0.2, 0.25) is 0 Å². The lowest BCUT2D eigenvalue weighted by Gasteiger charge is -1.91. The van der Waals surface area contributed by atoms with Crippen molar-refractivity contribution in [2.75, 3.05) is 16.4 Å². The Hall–Kier alpha value is 0.650. The first-order valence-corrected chi connectivity index (χ1v) is 5.77. The summed E-state index contributed by atoms with van der Waals surface area (Å²) >= 11 is 5.12. The first-order chi connectivity index (χ1) is 3.56. The molecule has 0 amide bonds. The van der Waals surface area contributed by atoms with E-state index < -0.39 is 9.84 Å². The molecule has 0 aromatic rings. The molecular weight excluding hydrogens is 164 g/mol. The zero-order valence-electron chi connectivity index (χ0n) is 4.49. The molecule has 0 aliphatic heterocycles. The second kappa shape index (κ2) is 3.63. The molecule has 0 N–H and O–H groups in total. The van der Waals surface area contributed by atoms with Crippen LogP contribution in [0, 0.1) is 0 Å². The maximum absolute atomic E-state index is 10.3. The predicted molar refractivity (Wildman–Crippen MR) is 41.2 cm³/mol. The second-order valence-electron chi connectivity index (χ2n) is 1.38. The average molecular weight is 172 g/mol. The number of sulfone groups is 1. The van der Waals surface area contributed by atoms with Gasteiger partial charge in [-0.25, -0.2) is 8.42 Å². The molecule has 50 valence electrons. The lowest BCUT2D eigenvalue weighted by Crippen LogP contribution is -1.97. The van der Waals surface area contributed by atoms with Crippen LogP contribution in [-0.4, -0.2) is 24.8 Å². The Bertz CT molecular complexity index is 137. The zero-order valence-corrected chi connectivity index (χ0v) is 7.02. The highest BCUT2D eigenvalue weighted by Crippen LogP contribution is 2.04. The first-order valence-electron chi connectivity index (χ1n) is 1.92.